The van der Waals surface area contributed by atoms with E-state index in [0.717, 1.165) is 0 Å². The first kappa shape index (κ1) is 12.6. The highest BCUT2D eigenvalue weighted by atomic mass is 16.6. The number of methoxy groups -OCH3 is 1. The first-order chi connectivity index (χ1) is 7.54. The Balaban J connectivity index is 2.74. The third-order valence-corrected chi connectivity index (χ3v) is 2.37. The molecular weight excluding hydrogens is 204 g/mol. The second kappa shape index (κ2) is 5.54. The van der Waals surface area contributed by atoms with Crippen LogP contribution in [0.25, 0.3) is 0 Å². The van der Waals surface area contributed by atoms with Gasteiger partial charge in [-0.05, 0) is 30.5 Å². The minimum Gasteiger partial charge on any atom is -0.479 e. The molecule has 1 aromatic rings. The average Bonchev–Trinajstić information content (AvgIpc) is 2.28. The Morgan fingerprint density at radius 2 is 1.94 bits per heavy atom. The maximum Gasteiger partial charge on any atom is 0.346 e. The zero-order valence-corrected chi connectivity index (χ0v) is 10.2. The summed E-state index contributed by atoms with van der Waals surface area (Å²) in [6, 6.07) is 7.75. The van der Waals surface area contributed by atoms with Gasteiger partial charge in [0, 0.05) is 0 Å². The van der Waals surface area contributed by atoms with Crippen molar-refractivity contribution in [2.45, 2.75) is 32.8 Å². The molecule has 0 unspecified atom stereocenters. The van der Waals surface area contributed by atoms with Gasteiger partial charge in [0.05, 0.1) is 7.11 Å². The highest BCUT2D eigenvalue weighted by Crippen LogP contribution is 2.21. The van der Waals surface area contributed by atoms with Crippen molar-refractivity contribution in [1.82, 2.24) is 0 Å². The van der Waals surface area contributed by atoms with Crippen molar-refractivity contribution >= 4 is 5.97 Å². The largest absolute Gasteiger partial charge is 0.479 e. The van der Waals surface area contributed by atoms with E-state index in [2.05, 4.69) is 18.6 Å². The summed E-state index contributed by atoms with van der Waals surface area (Å²) in [6.07, 6.45) is -0.576. The summed E-state index contributed by atoms with van der Waals surface area (Å²) in [6.45, 7) is 5.90. The minimum atomic E-state index is -0.576. The second-order valence-electron chi connectivity index (χ2n) is 4.01. The molecule has 0 aliphatic carbocycles. The molecule has 1 aromatic carbocycles. The van der Waals surface area contributed by atoms with Crippen molar-refractivity contribution in [3.8, 4) is 5.75 Å². The first-order valence-electron chi connectivity index (χ1n) is 5.39. The summed E-state index contributed by atoms with van der Waals surface area (Å²) in [4.78, 5) is 11.2. The van der Waals surface area contributed by atoms with Crippen LogP contribution in [0.3, 0.4) is 0 Å². The van der Waals surface area contributed by atoms with E-state index in [1.807, 2.05) is 24.3 Å². The first-order valence-corrected chi connectivity index (χ1v) is 5.39. The number of hydrogen-bond donors (Lipinski definition) is 0. The molecule has 3 nitrogen and oxygen atoms in total. The standard InChI is InChI=1S/C13H18O3/c1-9(2)11-6-5-7-12(8-11)16-10(3)13(14)15-4/h5-10H,1-4H3/t10-/m1/s1. The fraction of sp³-hybridized carbons (Fsp3) is 0.462. The Bertz CT molecular complexity index is 358. The number of carbonyl (C=O) groups excluding carboxylic acids is 1. The van der Waals surface area contributed by atoms with Crippen LogP contribution in [0, 0.1) is 0 Å². The van der Waals surface area contributed by atoms with Gasteiger partial charge in [-0.15, -0.1) is 0 Å². The maximum absolute atomic E-state index is 11.2. The lowest BCUT2D eigenvalue weighted by Gasteiger charge is -2.14. The third-order valence-electron chi connectivity index (χ3n) is 2.37. The van der Waals surface area contributed by atoms with Crippen molar-refractivity contribution in [1.29, 1.82) is 0 Å². The Morgan fingerprint density at radius 3 is 2.50 bits per heavy atom. The highest BCUT2D eigenvalue weighted by molar-refractivity contribution is 5.74. The van der Waals surface area contributed by atoms with Gasteiger partial charge in [-0.3, -0.25) is 0 Å². The van der Waals surface area contributed by atoms with Crippen LogP contribution >= 0.6 is 0 Å². The van der Waals surface area contributed by atoms with Crippen LogP contribution < -0.4 is 4.74 Å². The molecule has 0 heterocycles. The van der Waals surface area contributed by atoms with Gasteiger partial charge in [-0.1, -0.05) is 26.0 Å². The lowest BCUT2D eigenvalue weighted by atomic mass is 10.0. The number of hydrogen-bond acceptors (Lipinski definition) is 3. The third kappa shape index (κ3) is 3.26. The van der Waals surface area contributed by atoms with Crippen molar-refractivity contribution in [3.05, 3.63) is 29.8 Å². The molecule has 0 amide bonds. The quantitative estimate of drug-likeness (QED) is 0.735. The van der Waals surface area contributed by atoms with E-state index in [0.29, 0.717) is 11.7 Å². The summed E-state index contributed by atoms with van der Waals surface area (Å²) in [5, 5.41) is 0. The number of esters is 1. The molecule has 0 aliphatic heterocycles. The summed E-state index contributed by atoms with van der Waals surface area (Å²) >= 11 is 0. The maximum atomic E-state index is 11.2. The fourth-order valence-corrected chi connectivity index (χ4v) is 1.37. The Kier molecular flexibility index (Phi) is 4.35. The molecule has 0 aliphatic rings. The topological polar surface area (TPSA) is 35.5 Å². The number of rotatable bonds is 4. The lowest BCUT2D eigenvalue weighted by molar-refractivity contribution is -0.147. The Morgan fingerprint density at radius 1 is 1.25 bits per heavy atom. The van der Waals surface area contributed by atoms with E-state index in [-0.39, 0.29) is 5.97 Å². The fourth-order valence-electron chi connectivity index (χ4n) is 1.37. The van der Waals surface area contributed by atoms with E-state index in [4.69, 9.17) is 4.74 Å². The summed E-state index contributed by atoms with van der Waals surface area (Å²) in [5.74, 6) is 0.774. The zero-order chi connectivity index (χ0) is 12.1. The SMILES string of the molecule is COC(=O)[C@@H](C)Oc1cccc(C(C)C)c1. The normalized spacial score (nSPS) is 12.3. The minimum absolute atomic E-state index is 0.366. The Hall–Kier alpha value is -1.51. The van der Waals surface area contributed by atoms with Crippen molar-refractivity contribution in [2.24, 2.45) is 0 Å². The second-order valence-corrected chi connectivity index (χ2v) is 4.01. The van der Waals surface area contributed by atoms with E-state index in [9.17, 15) is 4.79 Å². The summed E-state index contributed by atoms with van der Waals surface area (Å²) in [7, 11) is 1.35. The van der Waals surface area contributed by atoms with E-state index >= 15 is 0 Å². The molecular formula is C13H18O3. The number of ether oxygens (including phenoxy) is 2. The van der Waals surface area contributed by atoms with Crippen LogP contribution in [0.2, 0.25) is 0 Å². The van der Waals surface area contributed by atoms with Crippen molar-refractivity contribution < 1.29 is 14.3 Å². The van der Waals surface area contributed by atoms with E-state index in [1.165, 1.54) is 12.7 Å². The smallest absolute Gasteiger partial charge is 0.346 e. The van der Waals surface area contributed by atoms with Gasteiger partial charge in [-0.25, -0.2) is 4.79 Å². The zero-order valence-electron chi connectivity index (χ0n) is 10.2. The monoisotopic (exact) mass is 222 g/mol. The van der Waals surface area contributed by atoms with Crippen LogP contribution in [0.4, 0.5) is 0 Å². The van der Waals surface area contributed by atoms with Crippen LogP contribution in [-0.4, -0.2) is 19.2 Å². The van der Waals surface area contributed by atoms with Gasteiger partial charge in [0.25, 0.3) is 0 Å². The molecule has 0 spiro atoms. The molecule has 1 rings (SSSR count). The van der Waals surface area contributed by atoms with Crippen LogP contribution in [0.15, 0.2) is 24.3 Å². The van der Waals surface area contributed by atoms with Crippen LogP contribution in [-0.2, 0) is 9.53 Å². The summed E-state index contributed by atoms with van der Waals surface area (Å²) in [5.41, 5.74) is 1.19. The molecule has 88 valence electrons. The highest BCUT2D eigenvalue weighted by Gasteiger charge is 2.14. The van der Waals surface area contributed by atoms with Gasteiger partial charge in [0.15, 0.2) is 6.10 Å². The number of carbonyl (C=O) groups is 1. The predicted octanol–water partition coefficient (Wildman–Crippen LogP) is 2.75. The molecule has 0 radical (unpaired) electrons. The van der Waals surface area contributed by atoms with Gasteiger partial charge in [0.2, 0.25) is 0 Å². The predicted molar refractivity (Wildman–Crippen MR) is 62.6 cm³/mol. The van der Waals surface area contributed by atoms with Gasteiger partial charge in [-0.2, -0.15) is 0 Å². The molecule has 0 aromatic heterocycles. The molecule has 0 bridgehead atoms. The lowest BCUT2D eigenvalue weighted by Crippen LogP contribution is -2.24. The molecule has 0 N–H and O–H groups in total. The summed E-state index contributed by atoms with van der Waals surface area (Å²) < 4.78 is 10.1. The number of benzene rings is 1. The van der Waals surface area contributed by atoms with E-state index in [1.54, 1.807) is 6.92 Å². The van der Waals surface area contributed by atoms with Gasteiger partial charge < -0.3 is 9.47 Å². The van der Waals surface area contributed by atoms with E-state index < -0.39 is 6.10 Å². The van der Waals surface area contributed by atoms with Crippen LogP contribution in [0.5, 0.6) is 5.75 Å². The molecule has 0 saturated carbocycles. The molecule has 0 saturated heterocycles. The van der Waals surface area contributed by atoms with Crippen LogP contribution in [0.1, 0.15) is 32.3 Å². The Labute approximate surface area is 96.4 Å². The molecule has 0 fully saturated rings. The molecule has 3 heteroatoms. The van der Waals surface area contributed by atoms with Gasteiger partial charge >= 0.3 is 5.97 Å². The average molecular weight is 222 g/mol. The van der Waals surface area contributed by atoms with Crippen molar-refractivity contribution in [2.75, 3.05) is 7.11 Å². The van der Waals surface area contributed by atoms with Crippen molar-refractivity contribution in [3.63, 3.8) is 0 Å². The molecule has 16 heavy (non-hydrogen) atoms. The molecule has 1 atom stereocenters. The van der Waals surface area contributed by atoms with Gasteiger partial charge in [0.1, 0.15) is 5.75 Å².